The van der Waals surface area contributed by atoms with Crippen LogP contribution in [-0.2, 0) is 4.79 Å². The van der Waals surface area contributed by atoms with Crippen LogP contribution < -0.4 is 5.32 Å². The number of hydrogen-bond acceptors (Lipinski definition) is 2. The summed E-state index contributed by atoms with van der Waals surface area (Å²) in [6.45, 7) is 3.83. The number of hydrogen-bond donors (Lipinski definition) is 1. The molecule has 0 saturated heterocycles. The zero-order valence-corrected chi connectivity index (χ0v) is 12.6. The van der Waals surface area contributed by atoms with Crippen LogP contribution in [0.1, 0.15) is 11.1 Å². The van der Waals surface area contributed by atoms with Crippen LogP contribution in [0.2, 0.25) is 0 Å². The molecular formula is C16H15F2NOS. The van der Waals surface area contributed by atoms with Crippen molar-refractivity contribution >= 4 is 23.4 Å². The minimum absolute atomic E-state index is 0.0216. The molecule has 0 radical (unpaired) electrons. The molecule has 0 aliphatic carbocycles. The summed E-state index contributed by atoms with van der Waals surface area (Å²) in [6, 6.07) is 8.95. The first-order chi connectivity index (χ1) is 9.95. The van der Waals surface area contributed by atoms with E-state index in [1.807, 2.05) is 32.0 Å². The normalized spacial score (nSPS) is 10.5. The molecule has 0 aromatic heterocycles. The van der Waals surface area contributed by atoms with Gasteiger partial charge in [0.05, 0.1) is 5.75 Å². The minimum Gasteiger partial charge on any atom is -0.325 e. The Morgan fingerprint density at radius 1 is 1.14 bits per heavy atom. The monoisotopic (exact) mass is 307 g/mol. The van der Waals surface area contributed by atoms with E-state index in [2.05, 4.69) is 5.32 Å². The van der Waals surface area contributed by atoms with Crippen LogP contribution in [0.3, 0.4) is 0 Å². The smallest absolute Gasteiger partial charge is 0.234 e. The second-order valence-electron chi connectivity index (χ2n) is 4.73. The van der Waals surface area contributed by atoms with E-state index in [9.17, 15) is 13.6 Å². The lowest BCUT2D eigenvalue weighted by Crippen LogP contribution is -2.15. The Bertz CT molecular complexity index is 673. The number of thioether (sulfide) groups is 1. The third kappa shape index (κ3) is 4.29. The van der Waals surface area contributed by atoms with Gasteiger partial charge in [0, 0.05) is 10.6 Å². The van der Waals surface area contributed by atoms with Crippen LogP contribution in [0.5, 0.6) is 0 Å². The van der Waals surface area contributed by atoms with Gasteiger partial charge >= 0.3 is 0 Å². The van der Waals surface area contributed by atoms with Crippen molar-refractivity contribution < 1.29 is 13.6 Å². The van der Waals surface area contributed by atoms with Gasteiger partial charge in [-0.2, -0.15) is 0 Å². The Labute approximate surface area is 126 Å². The van der Waals surface area contributed by atoms with Crippen LogP contribution >= 0.6 is 11.8 Å². The van der Waals surface area contributed by atoms with E-state index in [1.54, 1.807) is 0 Å². The maximum absolute atomic E-state index is 13.4. The Kier molecular flexibility index (Phi) is 4.96. The summed E-state index contributed by atoms with van der Waals surface area (Å²) in [5, 5.41) is 2.78. The Balaban J connectivity index is 1.99. The van der Waals surface area contributed by atoms with Crippen molar-refractivity contribution in [3.8, 4) is 0 Å². The average molecular weight is 307 g/mol. The minimum atomic E-state index is -0.527. The zero-order chi connectivity index (χ0) is 15.4. The van der Waals surface area contributed by atoms with E-state index in [0.717, 1.165) is 46.8 Å². The van der Waals surface area contributed by atoms with E-state index in [-0.39, 0.29) is 16.6 Å². The molecule has 0 bridgehead atoms. The maximum Gasteiger partial charge on any atom is 0.234 e. The van der Waals surface area contributed by atoms with Gasteiger partial charge in [0.1, 0.15) is 11.6 Å². The number of anilines is 1. The fourth-order valence-corrected chi connectivity index (χ4v) is 2.55. The third-order valence-electron chi connectivity index (χ3n) is 2.92. The summed E-state index contributed by atoms with van der Waals surface area (Å²) in [4.78, 5) is 12.0. The first-order valence-corrected chi connectivity index (χ1v) is 7.39. The quantitative estimate of drug-likeness (QED) is 0.853. The highest BCUT2D eigenvalue weighted by molar-refractivity contribution is 8.00. The number of amides is 1. The molecular weight excluding hydrogens is 292 g/mol. The molecule has 0 unspecified atom stereocenters. The molecule has 2 aromatic rings. The Morgan fingerprint density at radius 2 is 1.90 bits per heavy atom. The predicted molar refractivity (Wildman–Crippen MR) is 81.6 cm³/mol. The molecule has 2 rings (SSSR count). The highest BCUT2D eigenvalue weighted by Gasteiger charge is 2.09. The van der Waals surface area contributed by atoms with Crippen molar-refractivity contribution in [1.82, 2.24) is 0 Å². The summed E-state index contributed by atoms with van der Waals surface area (Å²) in [5.74, 6) is -1.28. The second-order valence-corrected chi connectivity index (χ2v) is 5.75. The van der Waals surface area contributed by atoms with Crippen molar-refractivity contribution in [2.45, 2.75) is 18.7 Å². The van der Waals surface area contributed by atoms with Gasteiger partial charge in [0.25, 0.3) is 0 Å². The first kappa shape index (κ1) is 15.5. The number of aryl methyl sites for hydroxylation is 2. The van der Waals surface area contributed by atoms with Crippen molar-refractivity contribution in [3.05, 3.63) is 59.2 Å². The highest BCUT2D eigenvalue weighted by atomic mass is 32.2. The molecule has 0 heterocycles. The van der Waals surface area contributed by atoms with Gasteiger partial charge in [-0.3, -0.25) is 4.79 Å². The summed E-state index contributed by atoms with van der Waals surface area (Å²) < 4.78 is 26.5. The molecule has 5 heteroatoms. The fraction of sp³-hybridized carbons (Fsp3) is 0.188. The van der Waals surface area contributed by atoms with Gasteiger partial charge in [0.2, 0.25) is 5.91 Å². The molecule has 0 saturated carbocycles. The lowest BCUT2D eigenvalue weighted by atomic mass is 10.1. The molecule has 110 valence electrons. The molecule has 0 fully saturated rings. The Hall–Kier alpha value is -1.88. The van der Waals surface area contributed by atoms with Crippen LogP contribution in [0.25, 0.3) is 0 Å². The van der Waals surface area contributed by atoms with Crippen molar-refractivity contribution in [2.24, 2.45) is 0 Å². The maximum atomic E-state index is 13.4. The standard InChI is InChI=1S/C16H15F2NOS/c1-10-3-4-11(2)14(7-10)19-16(20)9-21-15-8-12(17)5-6-13(15)18/h3-8H,9H2,1-2H3,(H,19,20). The van der Waals surface area contributed by atoms with E-state index in [0.29, 0.717) is 0 Å². The predicted octanol–water partition coefficient (Wildman–Crippen LogP) is 4.31. The van der Waals surface area contributed by atoms with Gasteiger partial charge in [-0.15, -0.1) is 11.8 Å². The van der Waals surface area contributed by atoms with Crippen LogP contribution in [-0.4, -0.2) is 11.7 Å². The molecule has 0 aliphatic heterocycles. The SMILES string of the molecule is Cc1ccc(C)c(NC(=O)CSc2cc(F)ccc2F)c1. The van der Waals surface area contributed by atoms with Crippen LogP contribution in [0.4, 0.5) is 14.5 Å². The van der Waals surface area contributed by atoms with Gasteiger partial charge < -0.3 is 5.32 Å². The topological polar surface area (TPSA) is 29.1 Å². The zero-order valence-electron chi connectivity index (χ0n) is 11.7. The van der Waals surface area contributed by atoms with Gasteiger partial charge in [-0.25, -0.2) is 8.78 Å². The van der Waals surface area contributed by atoms with Gasteiger partial charge in [-0.05, 0) is 49.2 Å². The molecule has 0 aliphatic rings. The lowest BCUT2D eigenvalue weighted by molar-refractivity contribution is -0.113. The number of halogens is 2. The number of nitrogens with one attached hydrogen (secondary N) is 1. The van der Waals surface area contributed by atoms with Crippen LogP contribution in [0.15, 0.2) is 41.3 Å². The van der Waals surface area contributed by atoms with E-state index in [1.165, 1.54) is 0 Å². The molecule has 1 amide bonds. The van der Waals surface area contributed by atoms with E-state index in [4.69, 9.17) is 0 Å². The summed E-state index contributed by atoms with van der Waals surface area (Å²) in [5.41, 5.74) is 2.73. The fourth-order valence-electron chi connectivity index (χ4n) is 1.79. The van der Waals surface area contributed by atoms with Gasteiger partial charge in [0.15, 0.2) is 0 Å². The van der Waals surface area contributed by atoms with Crippen molar-refractivity contribution in [1.29, 1.82) is 0 Å². The van der Waals surface area contributed by atoms with Crippen molar-refractivity contribution in [3.63, 3.8) is 0 Å². The van der Waals surface area contributed by atoms with Gasteiger partial charge in [-0.1, -0.05) is 12.1 Å². The number of benzene rings is 2. The second kappa shape index (κ2) is 6.72. The van der Waals surface area contributed by atoms with Crippen molar-refractivity contribution in [2.75, 3.05) is 11.1 Å². The highest BCUT2D eigenvalue weighted by Crippen LogP contribution is 2.23. The molecule has 1 N–H and O–H groups in total. The largest absolute Gasteiger partial charge is 0.325 e. The van der Waals surface area contributed by atoms with Crippen LogP contribution in [0, 0.1) is 25.5 Å². The summed E-state index contributed by atoms with van der Waals surface area (Å²) in [7, 11) is 0. The molecule has 2 aromatic carbocycles. The molecule has 0 spiro atoms. The number of carbonyl (C=O) groups excluding carboxylic acids is 1. The van der Waals surface area contributed by atoms with E-state index < -0.39 is 11.6 Å². The Morgan fingerprint density at radius 3 is 2.67 bits per heavy atom. The number of rotatable bonds is 4. The van der Waals surface area contributed by atoms with E-state index >= 15 is 0 Å². The lowest BCUT2D eigenvalue weighted by Gasteiger charge is -2.09. The molecule has 2 nitrogen and oxygen atoms in total. The molecule has 21 heavy (non-hydrogen) atoms. The third-order valence-corrected chi connectivity index (χ3v) is 3.95. The number of carbonyl (C=O) groups is 1. The average Bonchev–Trinajstić information content (AvgIpc) is 2.44. The summed E-state index contributed by atoms with van der Waals surface area (Å²) in [6.07, 6.45) is 0. The summed E-state index contributed by atoms with van der Waals surface area (Å²) >= 11 is 0.972. The first-order valence-electron chi connectivity index (χ1n) is 6.40. The molecule has 0 atom stereocenters.